The second kappa shape index (κ2) is 9.53. The maximum absolute atomic E-state index is 12.1. The summed E-state index contributed by atoms with van der Waals surface area (Å²) in [4.78, 5) is 14.7. The second-order valence-electron chi connectivity index (χ2n) is 7.24. The lowest BCUT2D eigenvalue weighted by Crippen LogP contribution is -2.38. The molecule has 1 saturated heterocycles. The Labute approximate surface area is 156 Å². The first-order valence-corrected chi connectivity index (χ1v) is 9.82. The molecule has 0 bridgehead atoms. The summed E-state index contributed by atoms with van der Waals surface area (Å²) in [5, 5.41) is 7.37. The van der Waals surface area contributed by atoms with Crippen LogP contribution in [-0.2, 0) is 11.2 Å². The molecule has 1 atom stereocenters. The van der Waals surface area contributed by atoms with Gasteiger partial charge in [0.2, 0.25) is 5.91 Å². The number of nitrogens with one attached hydrogen (secondary N) is 1. The Morgan fingerprint density at radius 1 is 1.23 bits per heavy atom. The van der Waals surface area contributed by atoms with Crippen molar-refractivity contribution in [2.45, 2.75) is 51.5 Å². The van der Waals surface area contributed by atoms with Gasteiger partial charge in [-0.3, -0.25) is 4.79 Å². The Bertz CT molecular complexity index is 682. The molecule has 140 valence electrons. The molecule has 1 aliphatic heterocycles. The van der Waals surface area contributed by atoms with Gasteiger partial charge in [0, 0.05) is 18.8 Å². The average molecular weight is 354 g/mol. The number of para-hydroxylation sites is 1. The monoisotopic (exact) mass is 354 g/mol. The lowest BCUT2D eigenvalue weighted by Gasteiger charge is -2.33. The van der Waals surface area contributed by atoms with Crippen LogP contribution in [0.5, 0.6) is 0 Å². The number of amides is 1. The Hall–Kier alpha value is -2.14. The van der Waals surface area contributed by atoms with Crippen molar-refractivity contribution < 1.29 is 4.79 Å². The highest BCUT2D eigenvalue weighted by molar-refractivity contribution is 5.78. The number of hydrogen-bond acceptors (Lipinski definition) is 3. The molecule has 5 heteroatoms. The molecule has 5 nitrogen and oxygen atoms in total. The minimum Gasteiger partial charge on any atom is -0.356 e. The summed E-state index contributed by atoms with van der Waals surface area (Å²) in [6.07, 6.45) is 10.3. The summed E-state index contributed by atoms with van der Waals surface area (Å²) < 4.78 is 1.81. The Morgan fingerprint density at radius 2 is 2.08 bits per heavy atom. The van der Waals surface area contributed by atoms with E-state index in [0.717, 1.165) is 43.2 Å². The molecule has 1 amide bonds. The van der Waals surface area contributed by atoms with Crippen LogP contribution >= 0.6 is 0 Å². The fourth-order valence-electron chi connectivity index (χ4n) is 3.58. The highest BCUT2D eigenvalue weighted by Crippen LogP contribution is 2.16. The molecular weight excluding hydrogens is 324 g/mol. The third kappa shape index (κ3) is 5.43. The summed E-state index contributed by atoms with van der Waals surface area (Å²) in [6, 6.07) is 10.7. The van der Waals surface area contributed by atoms with Gasteiger partial charge in [-0.1, -0.05) is 24.6 Å². The first-order valence-electron chi connectivity index (χ1n) is 9.82. The predicted octanol–water partition coefficient (Wildman–Crippen LogP) is 3.19. The number of unbranched alkanes of at least 4 members (excludes halogenated alkanes) is 1. The highest BCUT2D eigenvalue weighted by Gasteiger charge is 2.17. The first-order chi connectivity index (χ1) is 12.7. The Morgan fingerprint density at radius 3 is 2.88 bits per heavy atom. The predicted molar refractivity (Wildman–Crippen MR) is 104 cm³/mol. The van der Waals surface area contributed by atoms with Crippen molar-refractivity contribution in [1.82, 2.24) is 20.0 Å². The zero-order valence-corrected chi connectivity index (χ0v) is 15.7. The first kappa shape index (κ1) is 18.6. The number of likely N-dealkylation sites (tertiary alicyclic amines) is 1. The van der Waals surface area contributed by atoms with Crippen LogP contribution in [0.25, 0.3) is 5.69 Å². The van der Waals surface area contributed by atoms with E-state index >= 15 is 0 Å². The zero-order valence-electron chi connectivity index (χ0n) is 15.7. The van der Waals surface area contributed by atoms with E-state index in [1.165, 1.54) is 25.8 Å². The van der Waals surface area contributed by atoms with Crippen molar-refractivity contribution in [1.29, 1.82) is 0 Å². The number of nitrogens with zero attached hydrogens (tertiary/aromatic N) is 3. The molecule has 1 aliphatic rings. The average Bonchev–Trinajstić information content (AvgIpc) is 3.12. The molecule has 0 radical (unpaired) electrons. The fourth-order valence-corrected chi connectivity index (χ4v) is 3.58. The van der Waals surface area contributed by atoms with E-state index in [1.807, 2.05) is 41.2 Å². The molecule has 1 unspecified atom stereocenters. The molecular formula is C21H30N4O. The number of hydrogen-bond donors (Lipinski definition) is 1. The van der Waals surface area contributed by atoms with Gasteiger partial charge in [0.1, 0.15) is 0 Å². The van der Waals surface area contributed by atoms with Crippen LogP contribution in [0.15, 0.2) is 42.7 Å². The Balaban J connectivity index is 1.34. The second-order valence-corrected chi connectivity index (χ2v) is 7.24. The van der Waals surface area contributed by atoms with E-state index in [4.69, 9.17) is 0 Å². The van der Waals surface area contributed by atoms with Crippen LogP contribution in [0.3, 0.4) is 0 Å². The zero-order chi connectivity index (χ0) is 18.2. The van der Waals surface area contributed by atoms with E-state index in [-0.39, 0.29) is 5.91 Å². The normalized spacial score (nSPS) is 18.0. The molecule has 0 saturated carbocycles. The van der Waals surface area contributed by atoms with E-state index in [0.29, 0.717) is 6.42 Å². The number of piperidine rings is 1. The van der Waals surface area contributed by atoms with Gasteiger partial charge >= 0.3 is 0 Å². The third-order valence-corrected chi connectivity index (χ3v) is 5.16. The van der Waals surface area contributed by atoms with Crippen LogP contribution < -0.4 is 5.32 Å². The minimum atomic E-state index is 0.0731. The maximum Gasteiger partial charge on any atom is 0.224 e. The summed E-state index contributed by atoms with van der Waals surface area (Å²) in [5.74, 6) is 0.0731. The van der Waals surface area contributed by atoms with Crippen molar-refractivity contribution in [2.24, 2.45) is 0 Å². The standard InChI is InChI=1S/C21H30N4O/c1-18-9-5-7-13-24(18)14-8-6-12-22-21(26)15-19-16-23-25(17-19)20-10-3-2-4-11-20/h2-4,10-11,16-18H,5-9,12-15H2,1H3,(H,22,26). The SMILES string of the molecule is CC1CCCCN1CCCCNC(=O)Cc1cnn(-c2ccccc2)c1. The van der Waals surface area contributed by atoms with Gasteiger partial charge in [-0.25, -0.2) is 4.68 Å². The molecule has 1 N–H and O–H groups in total. The van der Waals surface area contributed by atoms with Crippen molar-refractivity contribution in [3.05, 3.63) is 48.3 Å². The van der Waals surface area contributed by atoms with Crippen LogP contribution in [0, 0.1) is 0 Å². The number of benzene rings is 1. The van der Waals surface area contributed by atoms with Gasteiger partial charge in [0.05, 0.1) is 18.3 Å². The van der Waals surface area contributed by atoms with Crippen LogP contribution in [0.4, 0.5) is 0 Å². The molecule has 1 aromatic carbocycles. The third-order valence-electron chi connectivity index (χ3n) is 5.16. The smallest absolute Gasteiger partial charge is 0.224 e. The number of carbonyl (C=O) groups is 1. The van der Waals surface area contributed by atoms with Crippen molar-refractivity contribution in [3.63, 3.8) is 0 Å². The van der Waals surface area contributed by atoms with Crippen LogP contribution in [0.1, 0.15) is 44.6 Å². The summed E-state index contributed by atoms with van der Waals surface area (Å²) in [6.45, 7) is 5.48. The van der Waals surface area contributed by atoms with Gasteiger partial charge in [0.15, 0.2) is 0 Å². The minimum absolute atomic E-state index is 0.0731. The van der Waals surface area contributed by atoms with Crippen molar-refractivity contribution in [2.75, 3.05) is 19.6 Å². The van der Waals surface area contributed by atoms with E-state index < -0.39 is 0 Å². The highest BCUT2D eigenvalue weighted by atomic mass is 16.1. The molecule has 1 aromatic heterocycles. The molecule has 3 rings (SSSR count). The Kier molecular flexibility index (Phi) is 6.83. The fraction of sp³-hybridized carbons (Fsp3) is 0.524. The molecule has 2 aromatic rings. The summed E-state index contributed by atoms with van der Waals surface area (Å²) >= 11 is 0. The van der Waals surface area contributed by atoms with E-state index in [1.54, 1.807) is 6.20 Å². The van der Waals surface area contributed by atoms with Gasteiger partial charge < -0.3 is 10.2 Å². The number of rotatable bonds is 8. The number of aromatic nitrogens is 2. The lowest BCUT2D eigenvalue weighted by atomic mass is 10.0. The largest absolute Gasteiger partial charge is 0.356 e. The molecule has 1 fully saturated rings. The molecule has 2 heterocycles. The van der Waals surface area contributed by atoms with Crippen LogP contribution in [-0.4, -0.2) is 46.3 Å². The van der Waals surface area contributed by atoms with Crippen LogP contribution in [0.2, 0.25) is 0 Å². The molecule has 0 aliphatic carbocycles. The van der Waals surface area contributed by atoms with E-state index in [2.05, 4.69) is 22.2 Å². The summed E-state index contributed by atoms with van der Waals surface area (Å²) in [5.41, 5.74) is 1.94. The van der Waals surface area contributed by atoms with Gasteiger partial charge in [0.25, 0.3) is 0 Å². The number of carbonyl (C=O) groups excluding carboxylic acids is 1. The lowest BCUT2D eigenvalue weighted by molar-refractivity contribution is -0.120. The maximum atomic E-state index is 12.1. The van der Waals surface area contributed by atoms with Crippen molar-refractivity contribution >= 4 is 5.91 Å². The quantitative estimate of drug-likeness (QED) is 0.741. The van der Waals surface area contributed by atoms with Gasteiger partial charge in [-0.2, -0.15) is 5.10 Å². The topological polar surface area (TPSA) is 50.2 Å². The molecule has 0 spiro atoms. The van der Waals surface area contributed by atoms with Gasteiger partial charge in [-0.15, -0.1) is 0 Å². The molecule has 26 heavy (non-hydrogen) atoms. The van der Waals surface area contributed by atoms with E-state index in [9.17, 15) is 4.79 Å². The summed E-state index contributed by atoms with van der Waals surface area (Å²) in [7, 11) is 0. The van der Waals surface area contributed by atoms with Gasteiger partial charge in [-0.05, 0) is 63.4 Å². The van der Waals surface area contributed by atoms with Crippen molar-refractivity contribution in [3.8, 4) is 5.69 Å².